The molecule has 0 fully saturated rings. The third-order valence-corrected chi connectivity index (χ3v) is 3.13. The standard InChI is InChI=1S/C8H11NO2S/c9-3-6(10)8-5-1-2-11-7(5)4-12-8/h4,6,10H,1-3,9H2. The van der Waals surface area contributed by atoms with E-state index in [-0.39, 0.29) is 6.54 Å². The minimum Gasteiger partial charge on any atom is -0.492 e. The van der Waals surface area contributed by atoms with Crippen molar-refractivity contribution in [3.05, 3.63) is 15.8 Å². The zero-order valence-electron chi connectivity index (χ0n) is 6.62. The normalized spacial score (nSPS) is 17.2. The van der Waals surface area contributed by atoms with Crippen molar-refractivity contribution in [1.29, 1.82) is 0 Å². The van der Waals surface area contributed by atoms with E-state index in [0.717, 1.165) is 29.2 Å². The van der Waals surface area contributed by atoms with E-state index in [1.807, 2.05) is 5.38 Å². The summed E-state index contributed by atoms with van der Waals surface area (Å²) in [5.41, 5.74) is 6.52. The molecule has 0 aliphatic carbocycles. The minimum absolute atomic E-state index is 0.285. The second-order valence-corrected chi connectivity index (χ2v) is 3.70. The zero-order valence-corrected chi connectivity index (χ0v) is 7.43. The Balaban J connectivity index is 2.33. The Kier molecular flexibility index (Phi) is 2.04. The molecular formula is C8H11NO2S. The largest absolute Gasteiger partial charge is 0.492 e. The molecular weight excluding hydrogens is 174 g/mol. The molecule has 1 atom stereocenters. The van der Waals surface area contributed by atoms with E-state index in [4.69, 9.17) is 10.5 Å². The van der Waals surface area contributed by atoms with E-state index in [1.54, 1.807) is 0 Å². The fourth-order valence-corrected chi connectivity index (χ4v) is 2.44. The highest BCUT2D eigenvalue weighted by atomic mass is 32.1. The third kappa shape index (κ3) is 1.12. The summed E-state index contributed by atoms with van der Waals surface area (Å²) in [6, 6.07) is 0. The van der Waals surface area contributed by atoms with Gasteiger partial charge >= 0.3 is 0 Å². The number of ether oxygens (including phenoxy) is 1. The monoisotopic (exact) mass is 185 g/mol. The molecule has 0 saturated carbocycles. The molecule has 1 aromatic rings. The van der Waals surface area contributed by atoms with Crippen LogP contribution in [0.4, 0.5) is 0 Å². The average molecular weight is 185 g/mol. The molecule has 3 nitrogen and oxygen atoms in total. The van der Waals surface area contributed by atoms with Crippen molar-refractivity contribution < 1.29 is 9.84 Å². The molecule has 2 rings (SSSR count). The number of fused-ring (bicyclic) bond motifs is 1. The number of hydrogen-bond donors (Lipinski definition) is 2. The summed E-state index contributed by atoms with van der Waals surface area (Å²) in [6.45, 7) is 1.02. The predicted molar refractivity (Wildman–Crippen MR) is 47.5 cm³/mol. The van der Waals surface area contributed by atoms with Crippen LogP contribution in [0.3, 0.4) is 0 Å². The third-order valence-electron chi connectivity index (χ3n) is 2.02. The summed E-state index contributed by atoms with van der Waals surface area (Å²) in [5, 5.41) is 11.5. The van der Waals surface area contributed by atoms with Crippen LogP contribution in [0.1, 0.15) is 16.5 Å². The Labute approximate surface area is 74.8 Å². The summed E-state index contributed by atoms with van der Waals surface area (Å²) in [5.74, 6) is 0.933. The average Bonchev–Trinajstić information content (AvgIpc) is 2.62. The predicted octanol–water partition coefficient (Wildman–Crippen LogP) is 0.675. The van der Waals surface area contributed by atoms with Gasteiger partial charge in [-0.1, -0.05) is 0 Å². The fourth-order valence-electron chi connectivity index (χ4n) is 1.40. The van der Waals surface area contributed by atoms with E-state index in [1.165, 1.54) is 11.3 Å². The fraction of sp³-hybridized carbons (Fsp3) is 0.500. The molecule has 3 N–H and O–H groups in total. The highest BCUT2D eigenvalue weighted by Crippen LogP contribution is 2.37. The Morgan fingerprint density at radius 2 is 2.58 bits per heavy atom. The van der Waals surface area contributed by atoms with Crippen LogP contribution in [-0.2, 0) is 6.42 Å². The molecule has 12 heavy (non-hydrogen) atoms. The van der Waals surface area contributed by atoms with E-state index in [2.05, 4.69) is 0 Å². The van der Waals surface area contributed by atoms with Crippen LogP contribution in [0.25, 0.3) is 0 Å². The number of aliphatic hydroxyl groups is 1. The van der Waals surface area contributed by atoms with Crippen molar-refractivity contribution in [2.24, 2.45) is 5.73 Å². The first-order chi connectivity index (χ1) is 5.83. The lowest BCUT2D eigenvalue weighted by molar-refractivity contribution is 0.190. The molecule has 2 heterocycles. The van der Waals surface area contributed by atoms with Crippen molar-refractivity contribution in [2.75, 3.05) is 13.2 Å². The maximum Gasteiger partial charge on any atom is 0.133 e. The SMILES string of the molecule is NCC(O)c1scc2c1CCO2. The van der Waals surface area contributed by atoms with Crippen LogP contribution in [-0.4, -0.2) is 18.3 Å². The molecule has 1 aromatic heterocycles. The van der Waals surface area contributed by atoms with Gasteiger partial charge in [-0.25, -0.2) is 0 Å². The van der Waals surface area contributed by atoms with Gasteiger partial charge in [0.15, 0.2) is 0 Å². The number of rotatable bonds is 2. The van der Waals surface area contributed by atoms with Gasteiger partial charge in [0.1, 0.15) is 11.9 Å². The molecule has 0 aromatic carbocycles. The molecule has 0 radical (unpaired) electrons. The smallest absolute Gasteiger partial charge is 0.133 e. The number of thiophene rings is 1. The van der Waals surface area contributed by atoms with Crippen molar-refractivity contribution >= 4 is 11.3 Å². The lowest BCUT2D eigenvalue weighted by Crippen LogP contribution is -2.11. The van der Waals surface area contributed by atoms with Crippen molar-refractivity contribution in [3.63, 3.8) is 0 Å². The molecule has 0 amide bonds. The number of nitrogens with two attached hydrogens (primary N) is 1. The maximum absolute atomic E-state index is 9.51. The van der Waals surface area contributed by atoms with Crippen LogP contribution in [0.2, 0.25) is 0 Å². The van der Waals surface area contributed by atoms with E-state index >= 15 is 0 Å². The van der Waals surface area contributed by atoms with Gasteiger partial charge < -0.3 is 15.6 Å². The quantitative estimate of drug-likeness (QED) is 0.712. The van der Waals surface area contributed by atoms with Crippen LogP contribution < -0.4 is 10.5 Å². The first-order valence-corrected chi connectivity index (χ1v) is 4.82. The van der Waals surface area contributed by atoms with Crippen LogP contribution in [0.5, 0.6) is 5.75 Å². The highest BCUT2D eigenvalue weighted by Gasteiger charge is 2.21. The zero-order chi connectivity index (χ0) is 8.55. The van der Waals surface area contributed by atoms with Gasteiger partial charge in [-0.3, -0.25) is 0 Å². The lowest BCUT2D eigenvalue weighted by atomic mass is 10.1. The van der Waals surface area contributed by atoms with Crippen molar-refractivity contribution in [2.45, 2.75) is 12.5 Å². The molecule has 66 valence electrons. The summed E-state index contributed by atoms with van der Waals surface area (Å²) < 4.78 is 5.33. The Morgan fingerprint density at radius 1 is 1.75 bits per heavy atom. The first kappa shape index (κ1) is 8.04. The second kappa shape index (κ2) is 3.05. The Bertz CT molecular complexity index is 285. The van der Waals surface area contributed by atoms with Gasteiger partial charge in [-0.2, -0.15) is 0 Å². The molecule has 0 spiro atoms. The summed E-state index contributed by atoms with van der Waals surface area (Å²) in [7, 11) is 0. The van der Waals surface area contributed by atoms with Crippen LogP contribution in [0.15, 0.2) is 5.38 Å². The van der Waals surface area contributed by atoms with Gasteiger partial charge in [0.2, 0.25) is 0 Å². The number of aliphatic hydroxyl groups excluding tert-OH is 1. The van der Waals surface area contributed by atoms with Crippen molar-refractivity contribution in [3.8, 4) is 5.75 Å². The first-order valence-electron chi connectivity index (χ1n) is 3.94. The topological polar surface area (TPSA) is 55.5 Å². The van der Waals surface area contributed by atoms with Gasteiger partial charge in [-0.05, 0) is 0 Å². The maximum atomic E-state index is 9.51. The number of hydrogen-bond acceptors (Lipinski definition) is 4. The summed E-state index contributed by atoms with van der Waals surface area (Å²) >= 11 is 1.53. The van der Waals surface area contributed by atoms with Crippen molar-refractivity contribution in [1.82, 2.24) is 0 Å². The van der Waals surface area contributed by atoms with Gasteiger partial charge in [-0.15, -0.1) is 11.3 Å². The van der Waals surface area contributed by atoms with Gasteiger partial charge in [0, 0.05) is 28.8 Å². The Hall–Kier alpha value is -0.580. The van der Waals surface area contributed by atoms with Gasteiger partial charge in [0.25, 0.3) is 0 Å². The lowest BCUT2D eigenvalue weighted by Gasteiger charge is -2.05. The summed E-state index contributed by atoms with van der Waals surface area (Å²) in [4.78, 5) is 0.977. The highest BCUT2D eigenvalue weighted by molar-refractivity contribution is 7.10. The minimum atomic E-state index is -0.513. The van der Waals surface area contributed by atoms with E-state index in [0.29, 0.717) is 0 Å². The van der Waals surface area contributed by atoms with Gasteiger partial charge in [0.05, 0.1) is 6.61 Å². The second-order valence-electron chi connectivity index (χ2n) is 2.79. The van der Waals surface area contributed by atoms with Crippen LogP contribution >= 0.6 is 11.3 Å². The molecule has 1 aliphatic heterocycles. The molecule has 1 unspecified atom stereocenters. The Morgan fingerprint density at radius 3 is 3.33 bits per heavy atom. The van der Waals surface area contributed by atoms with Crippen LogP contribution in [0, 0.1) is 0 Å². The van der Waals surface area contributed by atoms with E-state index < -0.39 is 6.10 Å². The molecule has 0 saturated heterocycles. The molecule has 0 bridgehead atoms. The molecule has 1 aliphatic rings. The van der Waals surface area contributed by atoms with E-state index in [9.17, 15) is 5.11 Å². The molecule has 4 heteroatoms. The summed E-state index contributed by atoms with van der Waals surface area (Å²) in [6.07, 6.45) is 0.394.